The number of rotatable bonds is 4. The molecule has 5 heteroatoms. The van der Waals surface area contributed by atoms with Crippen LogP contribution in [0.4, 0.5) is 4.79 Å². The zero-order valence-corrected chi connectivity index (χ0v) is 13.3. The molecule has 0 radical (unpaired) electrons. The van der Waals surface area contributed by atoms with Crippen LogP contribution in [0, 0.1) is 5.41 Å². The summed E-state index contributed by atoms with van der Waals surface area (Å²) in [7, 11) is 0. The summed E-state index contributed by atoms with van der Waals surface area (Å²) in [6.45, 7) is 5.91. The third-order valence-electron chi connectivity index (χ3n) is 5.15. The molecule has 2 rings (SSSR count). The van der Waals surface area contributed by atoms with Gasteiger partial charge in [0.15, 0.2) is 0 Å². The molecule has 2 aliphatic heterocycles. The van der Waals surface area contributed by atoms with Crippen LogP contribution in [-0.2, 0) is 4.79 Å². The number of carboxylic acid groups (broad SMARTS) is 1. The van der Waals surface area contributed by atoms with Gasteiger partial charge in [-0.25, -0.2) is 4.79 Å². The number of aliphatic carboxylic acids is 1. The summed E-state index contributed by atoms with van der Waals surface area (Å²) in [5.41, 5.74) is -0.720. The summed E-state index contributed by atoms with van der Waals surface area (Å²) in [5.74, 6) is -0.745. The normalized spacial score (nSPS) is 29.7. The maximum atomic E-state index is 12.7. The molecular formula is C16H28N2O3. The highest BCUT2D eigenvalue weighted by Gasteiger charge is 2.46. The molecule has 2 atom stereocenters. The summed E-state index contributed by atoms with van der Waals surface area (Å²) in [5, 5.41) is 9.55. The first-order chi connectivity index (χ1) is 10.0. The Kier molecular flexibility index (Phi) is 5.12. The quantitative estimate of drug-likeness (QED) is 0.867. The van der Waals surface area contributed by atoms with E-state index >= 15 is 0 Å². The lowest BCUT2D eigenvalue weighted by Gasteiger charge is -2.38. The maximum absolute atomic E-state index is 12.7. The number of likely N-dealkylation sites (tertiary alicyclic amines) is 2. The fraction of sp³-hybridized carbons (Fsp3) is 0.875. The number of carbonyl (C=O) groups is 2. The summed E-state index contributed by atoms with van der Waals surface area (Å²) in [4.78, 5) is 28.1. The second-order valence-electron chi connectivity index (χ2n) is 6.54. The van der Waals surface area contributed by atoms with Crippen molar-refractivity contribution in [2.75, 3.05) is 19.6 Å². The van der Waals surface area contributed by atoms with E-state index in [1.54, 1.807) is 4.90 Å². The van der Waals surface area contributed by atoms with Crippen LogP contribution in [0.25, 0.3) is 0 Å². The van der Waals surface area contributed by atoms with E-state index in [0.29, 0.717) is 32.0 Å². The van der Waals surface area contributed by atoms with Crippen LogP contribution in [0.1, 0.15) is 58.8 Å². The average molecular weight is 296 g/mol. The van der Waals surface area contributed by atoms with E-state index in [1.165, 1.54) is 6.42 Å². The Bertz CT molecular complexity index is 399. The van der Waals surface area contributed by atoms with Crippen molar-refractivity contribution in [1.29, 1.82) is 0 Å². The van der Waals surface area contributed by atoms with Gasteiger partial charge in [-0.1, -0.05) is 20.3 Å². The molecule has 2 aliphatic rings. The van der Waals surface area contributed by atoms with Gasteiger partial charge in [-0.3, -0.25) is 4.79 Å². The van der Waals surface area contributed by atoms with E-state index in [9.17, 15) is 14.7 Å². The largest absolute Gasteiger partial charge is 0.481 e. The Morgan fingerprint density at radius 3 is 2.62 bits per heavy atom. The number of hydrogen-bond donors (Lipinski definition) is 1. The number of hydrogen-bond acceptors (Lipinski definition) is 2. The van der Waals surface area contributed by atoms with Gasteiger partial charge in [-0.2, -0.15) is 0 Å². The minimum atomic E-state index is -0.745. The molecule has 5 nitrogen and oxygen atoms in total. The fourth-order valence-corrected chi connectivity index (χ4v) is 3.86. The van der Waals surface area contributed by atoms with Crippen LogP contribution in [0.3, 0.4) is 0 Å². The van der Waals surface area contributed by atoms with Crippen molar-refractivity contribution >= 4 is 12.0 Å². The SMILES string of the molecule is CCCC1(C(=O)O)CCN(C(=O)N2CCCCC2CC)C1. The number of amides is 2. The summed E-state index contributed by atoms with van der Waals surface area (Å²) in [6.07, 6.45) is 6.41. The van der Waals surface area contributed by atoms with Crippen LogP contribution >= 0.6 is 0 Å². The number of carbonyl (C=O) groups excluding carboxylic acids is 1. The molecule has 120 valence electrons. The molecule has 2 amide bonds. The lowest BCUT2D eigenvalue weighted by Crippen LogP contribution is -2.50. The second kappa shape index (κ2) is 6.67. The molecule has 21 heavy (non-hydrogen) atoms. The van der Waals surface area contributed by atoms with Crippen molar-refractivity contribution in [3.63, 3.8) is 0 Å². The predicted octanol–water partition coefficient (Wildman–Crippen LogP) is 2.95. The Morgan fingerprint density at radius 2 is 2.00 bits per heavy atom. The van der Waals surface area contributed by atoms with E-state index in [4.69, 9.17) is 0 Å². The third-order valence-corrected chi connectivity index (χ3v) is 5.15. The zero-order valence-electron chi connectivity index (χ0n) is 13.3. The van der Waals surface area contributed by atoms with Crippen molar-refractivity contribution in [2.45, 2.75) is 64.8 Å². The molecule has 0 bridgehead atoms. The fourth-order valence-electron chi connectivity index (χ4n) is 3.86. The molecule has 0 aliphatic carbocycles. The van der Waals surface area contributed by atoms with Gasteiger partial charge in [0, 0.05) is 25.7 Å². The van der Waals surface area contributed by atoms with Gasteiger partial charge in [0.2, 0.25) is 0 Å². The highest BCUT2D eigenvalue weighted by Crippen LogP contribution is 2.36. The van der Waals surface area contributed by atoms with Crippen molar-refractivity contribution in [3.8, 4) is 0 Å². The minimum absolute atomic E-state index is 0.0563. The molecule has 2 fully saturated rings. The third kappa shape index (κ3) is 3.16. The molecule has 0 spiro atoms. The van der Waals surface area contributed by atoms with Crippen LogP contribution in [0.2, 0.25) is 0 Å². The second-order valence-corrected chi connectivity index (χ2v) is 6.54. The molecule has 1 N–H and O–H groups in total. The van der Waals surface area contributed by atoms with E-state index in [1.807, 2.05) is 11.8 Å². The van der Waals surface area contributed by atoms with Gasteiger partial charge < -0.3 is 14.9 Å². The minimum Gasteiger partial charge on any atom is -0.481 e. The molecular weight excluding hydrogens is 268 g/mol. The Balaban J connectivity index is 2.05. The van der Waals surface area contributed by atoms with Gasteiger partial charge in [-0.15, -0.1) is 0 Å². The van der Waals surface area contributed by atoms with Gasteiger partial charge in [0.1, 0.15) is 0 Å². The molecule has 0 saturated carbocycles. The highest BCUT2D eigenvalue weighted by atomic mass is 16.4. The first kappa shape index (κ1) is 16.1. The highest BCUT2D eigenvalue weighted by molar-refractivity contribution is 5.80. The van der Waals surface area contributed by atoms with Crippen molar-refractivity contribution in [3.05, 3.63) is 0 Å². The van der Waals surface area contributed by atoms with Crippen molar-refractivity contribution < 1.29 is 14.7 Å². The van der Waals surface area contributed by atoms with Crippen LogP contribution < -0.4 is 0 Å². The summed E-state index contributed by atoms with van der Waals surface area (Å²) >= 11 is 0. The number of urea groups is 1. The van der Waals surface area contributed by atoms with Gasteiger partial charge >= 0.3 is 12.0 Å². The van der Waals surface area contributed by atoms with E-state index < -0.39 is 11.4 Å². The molecule has 0 aromatic rings. The number of carboxylic acids is 1. The summed E-state index contributed by atoms with van der Waals surface area (Å²) in [6, 6.07) is 0.387. The van der Waals surface area contributed by atoms with E-state index in [2.05, 4.69) is 6.92 Å². The van der Waals surface area contributed by atoms with E-state index in [0.717, 1.165) is 32.2 Å². The number of nitrogens with zero attached hydrogens (tertiary/aromatic N) is 2. The molecule has 2 saturated heterocycles. The lowest BCUT2D eigenvalue weighted by molar-refractivity contribution is -0.148. The number of piperidine rings is 1. The van der Waals surface area contributed by atoms with Gasteiger partial charge in [0.25, 0.3) is 0 Å². The standard InChI is InChI=1S/C16H28N2O3/c1-3-8-16(14(19)20)9-11-17(12-16)15(21)18-10-6-5-7-13(18)4-2/h13H,3-12H2,1-2H3,(H,19,20). The van der Waals surface area contributed by atoms with E-state index in [-0.39, 0.29) is 6.03 Å². The van der Waals surface area contributed by atoms with Gasteiger partial charge in [-0.05, 0) is 38.5 Å². The first-order valence-corrected chi connectivity index (χ1v) is 8.33. The molecule has 2 unspecified atom stereocenters. The van der Waals surface area contributed by atoms with Crippen molar-refractivity contribution in [2.24, 2.45) is 5.41 Å². The average Bonchev–Trinajstić information content (AvgIpc) is 2.92. The first-order valence-electron chi connectivity index (χ1n) is 8.33. The van der Waals surface area contributed by atoms with Crippen LogP contribution in [0.15, 0.2) is 0 Å². The smallest absolute Gasteiger partial charge is 0.320 e. The maximum Gasteiger partial charge on any atom is 0.320 e. The Hall–Kier alpha value is -1.26. The molecule has 0 aromatic heterocycles. The van der Waals surface area contributed by atoms with Crippen LogP contribution in [0.5, 0.6) is 0 Å². The zero-order chi connectivity index (χ0) is 15.5. The topological polar surface area (TPSA) is 60.9 Å². The Labute approximate surface area is 127 Å². The Morgan fingerprint density at radius 1 is 1.24 bits per heavy atom. The monoisotopic (exact) mass is 296 g/mol. The summed E-state index contributed by atoms with van der Waals surface area (Å²) < 4.78 is 0. The van der Waals surface area contributed by atoms with Gasteiger partial charge in [0.05, 0.1) is 5.41 Å². The molecule has 0 aromatic carbocycles. The van der Waals surface area contributed by atoms with Crippen molar-refractivity contribution in [1.82, 2.24) is 9.80 Å². The lowest BCUT2D eigenvalue weighted by atomic mass is 9.83. The van der Waals surface area contributed by atoms with Crippen LogP contribution in [-0.4, -0.2) is 52.6 Å². The predicted molar refractivity (Wildman–Crippen MR) is 81.2 cm³/mol. The molecule has 2 heterocycles.